The van der Waals surface area contributed by atoms with Crippen molar-refractivity contribution >= 4 is 11.8 Å². The van der Waals surface area contributed by atoms with E-state index in [1.165, 1.54) is 17.1 Å². The average Bonchev–Trinajstić information content (AvgIpc) is 2.94. The predicted molar refractivity (Wildman–Crippen MR) is 74.3 cm³/mol. The third-order valence-electron chi connectivity index (χ3n) is 3.71. The molecule has 1 aliphatic heterocycles. The van der Waals surface area contributed by atoms with Gasteiger partial charge in [0.05, 0.1) is 12.1 Å². The van der Waals surface area contributed by atoms with Gasteiger partial charge in [0.2, 0.25) is 0 Å². The number of fused-ring (bicyclic) bond motifs is 1. The van der Waals surface area contributed by atoms with Gasteiger partial charge in [0.25, 0.3) is 11.8 Å². The van der Waals surface area contributed by atoms with Crippen LogP contribution in [0, 0.1) is 0 Å². The maximum Gasteiger partial charge on any atom is 0.254 e. The maximum atomic E-state index is 11.8. The van der Waals surface area contributed by atoms with E-state index in [4.69, 9.17) is 4.74 Å². The minimum Gasteiger partial charge on any atom is -0.491 e. The number of amides is 2. The van der Waals surface area contributed by atoms with E-state index in [9.17, 15) is 9.59 Å². The molecule has 4 nitrogen and oxygen atoms in total. The third kappa shape index (κ3) is 2.01. The van der Waals surface area contributed by atoms with Gasteiger partial charge < -0.3 is 4.74 Å². The van der Waals surface area contributed by atoms with E-state index in [2.05, 4.69) is 0 Å². The topological polar surface area (TPSA) is 46.6 Å². The fraction of sp³-hybridized carbons (Fsp3) is 0.375. The van der Waals surface area contributed by atoms with Crippen LogP contribution >= 0.6 is 0 Å². The monoisotopic (exact) mass is 271 g/mol. The lowest BCUT2D eigenvalue weighted by molar-refractivity contribution is -0.139. The number of ether oxygens (including phenoxy) is 1. The Morgan fingerprint density at radius 3 is 2.55 bits per heavy atom. The highest BCUT2D eigenvalue weighted by atomic mass is 16.5. The van der Waals surface area contributed by atoms with Crippen LogP contribution in [-0.2, 0) is 16.0 Å². The summed E-state index contributed by atoms with van der Waals surface area (Å²) in [5, 5.41) is 0. The normalized spacial score (nSPS) is 20.9. The number of imide groups is 1. The van der Waals surface area contributed by atoms with Gasteiger partial charge in [-0.25, -0.2) is 0 Å². The minimum atomic E-state index is -0.219. The Kier molecular flexibility index (Phi) is 3.08. The molecule has 20 heavy (non-hydrogen) atoms. The van der Waals surface area contributed by atoms with Crippen molar-refractivity contribution in [2.45, 2.75) is 38.8 Å². The van der Waals surface area contributed by atoms with Crippen LogP contribution in [-0.4, -0.2) is 22.8 Å². The molecule has 1 aliphatic carbocycles. The molecule has 0 bridgehead atoms. The Labute approximate surface area is 118 Å². The van der Waals surface area contributed by atoms with Gasteiger partial charge in [-0.05, 0) is 43.9 Å². The van der Waals surface area contributed by atoms with Gasteiger partial charge in [-0.3, -0.25) is 14.5 Å². The van der Waals surface area contributed by atoms with Gasteiger partial charge in [0.1, 0.15) is 5.75 Å². The summed E-state index contributed by atoms with van der Waals surface area (Å²) in [5.41, 5.74) is 2.16. The smallest absolute Gasteiger partial charge is 0.254 e. The van der Waals surface area contributed by atoms with Gasteiger partial charge in [0, 0.05) is 12.2 Å². The van der Waals surface area contributed by atoms with Crippen LogP contribution in [0.1, 0.15) is 37.4 Å². The van der Waals surface area contributed by atoms with E-state index in [1.807, 2.05) is 32.0 Å². The average molecular weight is 271 g/mol. The second-order valence-corrected chi connectivity index (χ2v) is 5.42. The second kappa shape index (κ2) is 4.78. The summed E-state index contributed by atoms with van der Waals surface area (Å²) >= 11 is 0. The van der Waals surface area contributed by atoms with E-state index in [0.29, 0.717) is 0 Å². The molecule has 0 saturated heterocycles. The molecule has 4 heteroatoms. The van der Waals surface area contributed by atoms with Crippen LogP contribution in [0.25, 0.3) is 0 Å². The first-order valence-electron chi connectivity index (χ1n) is 6.91. The van der Waals surface area contributed by atoms with E-state index >= 15 is 0 Å². The first-order valence-corrected chi connectivity index (χ1v) is 6.91. The molecule has 0 N–H and O–H groups in total. The molecular formula is C16H17NO3. The van der Waals surface area contributed by atoms with E-state index in [1.54, 1.807) is 0 Å². The zero-order chi connectivity index (χ0) is 14.3. The molecule has 2 aliphatic rings. The molecule has 2 amide bonds. The fourth-order valence-electron chi connectivity index (χ4n) is 2.95. The summed E-state index contributed by atoms with van der Waals surface area (Å²) in [6, 6.07) is 5.70. The number of nitrogens with zero attached hydrogens (tertiary/aromatic N) is 1. The van der Waals surface area contributed by atoms with Crippen molar-refractivity contribution in [3.63, 3.8) is 0 Å². The first-order chi connectivity index (χ1) is 9.58. The van der Waals surface area contributed by atoms with Crippen LogP contribution < -0.4 is 4.74 Å². The Morgan fingerprint density at radius 1 is 1.20 bits per heavy atom. The Balaban J connectivity index is 1.95. The summed E-state index contributed by atoms with van der Waals surface area (Å²) in [6.07, 6.45) is 4.40. The number of benzene rings is 1. The number of carbonyl (C=O) groups excluding carboxylic acids is 2. The molecule has 0 saturated carbocycles. The molecule has 1 atom stereocenters. The summed E-state index contributed by atoms with van der Waals surface area (Å²) in [5.74, 6) is 0.429. The van der Waals surface area contributed by atoms with Crippen molar-refractivity contribution in [1.82, 2.24) is 4.90 Å². The molecule has 0 radical (unpaired) electrons. The van der Waals surface area contributed by atoms with Gasteiger partial charge in [-0.2, -0.15) is 0 Å². The fourth-order valence-corrected chi connectivity index (χ4v) is 2.95. The van der Waals surface area contributed by atoms with Gasteiger partial charge in [0.15, 0.2) is 0 Å². The molecule has 1 aromatic rings. The van der Waals surface area contributed by atoms with Gasteiger partial charge in [-0.1, -0.05) is 12.1 Å². The van der Waals surface area contributed by atoms with Gasteiger partial charge >= 0.3 is 0 Å². The maximum absolute atomic E-state index is 11.8. The van der Waals surface area contributed by atoms with Crippen LogP contribution in [0.3, 0.4) is 0 Å². The molecule has 1 aromatic carbocycles. The molecule has 104 valence electrons. The van der Waals surface area contributed by atoms with E-state index < -0.39 is 0 Å². The van der Waals surface area contributed by atoms with Crippen molar-refractivity contribution < 1.29 is 14.3 Å². The highest BCUT2D eigenvalue weighted by molar-refractivity contribution is 6.13. The van der Waals surface area contributed by atoms with Crippen LogP contribution in [0.5, 0.6) is 5.75 Å². The van der Waals surface area contributed by atoms with Crippen molar-refractivity contribution in [1.29, 1.82) is 0 Å². The van der Waals surface area contributed by atoms with Crippen molar-refractivity contribution in [2.75, 3.05) is 0 Å². The Bertz CT molecular complexity index is 586. The summed E-state index contributed by atoms with van der Waals surface area (Å²) < 4.78 is 5.82. The third-order valence-corrected chi connectivity index (χ3v) is 3.71. The molecule has 0 fully saturated rings. The number of hydrogen-bond donors (Lipinski definition) is 0. The van der Waals surface area contributed by atoms with Gasteiger partial charge in [-0.15, -0.1) is 0 Å². The van der Waals surface area contributed by atoms with Crippen molar-refractivity contribution in [2.24, 2.45) is 0 Å². The summed E-state index contributed by atoms with van der Waals surface area (Å²) in [4.78, 5) is 25.0. The highest BCUT2D eigenvalue weighted by Gasteiger charge is 2.37. The largest absolute Gasteiger partial charge is 0.491 e. The van der Waals surface area contributed by atoms with Crippen LogP contribution in [0.2, 0.25) is 0 Å². The van der Waals surface area contributed by atoms with E-state index in [-0.39, 0.29) is 24.0 Å². The Hall–Kier alpha value is -2.10. The SMILES string of the molecule is CC(C)Oc1cccc2c1CC[C@@H]2N1C(=O)C=CC1=O. The first kappa shape index (κ1) is 12.9. The lowest BCUT2D eigenvalue weighted by atomic mass is 10.1. The summed E-state index contributed by atoms with van der Waals surface area (Å²) in [6.45, 7) is 3.98. The minimum absolute atomic E-state index is 0.109. The molecular weight excluding hydrogens is 254 g/mol. The molecule has 0 spiro atoms. The standard InChI is InChI=1S/C16H17NO3/c1-10(2)20-14-5-3-4-11-12(14)6-7-13(11)17-15(18)8-9-16(17)19/h3-5,8-10,13H,6-7H2,1-2H3/t13-/m0/s1. The molecule has 3 rings (SSSR count). The van der Waals surface area contributed by atoms with Crippen molar-refractivity contribution in [3.8, 4) is 5.75 Å². The number of hydrogen-bond acceptors (Lipinski definition) is 3. The van der Waals surface area contributed by atoms with Crippen LogP contribution in [0.15, 0.2) is 30.4 Å². The number of rotatable bonds is 3. The van der Waals surface area contributed by atoms with E-state index in [0.717, 1.165) is 29.7 Å². The predicted octanol–water partition coefficient (Wildman–Crippen LogP) is 2.39. The second-order valence-electron chi connectivity index (χ2n) is 5.42. The van der Waals surface area contributed by atoms with Crippen LogP contribution in [0.4, 0.5) is 0 Å². The quantitative estimate of drug-likeness (QED) is 0.793. The molecule has 0 aromatic heterocycles. The Morgan fingerprint density at radius 2 is 1.90 bits per heavy atom. The lowest BCUT2D eigenvalue weighted by Crippen LogP contribution is -2.33. The highest BCUT2D eigenvalue weighted by Crippen LogP contribution is 2.41. The molecule has 1 heterocycles. The lowest BCUT2D eigenvalue weighted by Gasteiger charge is -2.23. The van der Waals surface area contributed by atoms with Crippen molar-refractivity contribution in [3.05, 3.63) is 41.5 Å². The zero-order valence-corrected chi connectivity index (χ0v) is 11.6. The zero-order valence-electron chi connectivity index (χ0n) is 11.6. The number of carbonyl (C=O) groups is 2. The molecule has 0 unspecified atom stereocenters. The summed E-state index contributed by atoms with van der Waals surface area (Å²) in [7, 11) is 0.